The molecular weight excluding hydrogens is 412 g/mol. The number of carbonyl (C=O) groups excluding carboxylic acids is 1. The van der Waals surface area contributed by atoms with Crippen molar-refractivity contribution in [3.63, 3.8) is 0 Å². The fraction of sp³-hybridized carbons (Fsp3) is 0.375. The Kier molecular flexibility index (Phi) is 6.64. The van der Waals surface area contributed by atoms with Crippen molar-refractivity contribution < 1.29 is 9.53 Å². The standard InChI is InChI=1S/C16H18Br2N2O2/c1-2-3-4-14(21)22-15(12-5-7-13(17)8-6-12)16(18)20-10-9-19-11-20/h5-11,15-16H,2-4H2,1H3. The first kappa shape index (κ1) is 17.2. The van der Waals surface area contributed by atoms with Crippen LogP contribution >= 0.6 is 31.9 Å². The quantitative estimate of drug-likeness (QED) is 0.458. The van der Waals surface area contributed by atoms with Crippen molar-refractivity contribution in [1.82, 2.24) is 9.55 Å². The van der Waals surface area contributed by atoms with Gasteiger partial charge in [-0.25, -0.2) is 4.98 Å². The molecule has 0 aliphatic rings. The van der Waals surface area contributed by atoms with E-state index in [0.29, 0.717) is 6.42 Å². The largest absolute Gasteiger partial charge is 0.454 e. The van der Waals surface area contributed by atoms with Gasteiger partial charge in [-0.05, 0) is 24.1 Å². The van der Waals surface area contributed by atoms with Crippen LogP contribution in [0, 0.1) is 0 Å². The van der Waals surface area contributed by atoms with Gasteiger partial charge in [0.25, 0.3) is 0 Å². The highest BCUT2D eigenvalue weighted by Gasteiger charge is 2.26. The minimum absolute atomic E-state index is 0.181. The molecule has 0 aliphatic carbocycles. The Morgan fingerprint density at radius 3 is 2.68 bits per heavy atom. The molecule has 0 N–H and O–H groups in total. The third-order valence-corrected chi connectivity index (χ3v) is 4.73. The first-order chi connectivity index (χ1) is 10.6. The average molecular weight is 430 g/mol. The molecule has 1 aromatic heterocycles. The molecule has 6 heteroatoms. The highest BCUT2D eigenvalue weighted by Crippen LogP contribution is 2.35. The summed E-state index contributed by atoms with van der Waals surface area (Å²) in [5.74, 6) is -0.181. The van der Waals surface area contributed by atoms with E-state index in [9.17, 15) is 4.79 Å². The first-order valence-corrected chi connectivity index (χ1v) is 8.89. The van der Waals surface area contributed by atoms with E-state index in [-0.39, 0.29) is 10.9 Å². The number of nitrogens with zero attached hydrogens (tertiary/aromatic N) is 2. The molecule has 0 amide bonds. The van der Waals surface area contributed by atoms with Gasteiger partial charge in [0.1, 0.15) is 4.95 Å². The van der Waals surface area contributed by atoms with Crippen LogP contribution in [0.2, 0.25) is 0 Å². The second-order valence-electron chi connectivity index (χ2n) is 4.95. The highest BCUT2D eigenvalue weighted by atomic mass is 79.9. The molecule has 2 unspecified atom stereocenters. The molecule has 0 fully saturated rings. The molecule has 2 atom stereocenters. The van der Waals surface area contributed by atoms with E-state index in [2.05, 4.69) is 43.8 Å². The van der Waals surface area contributed by atoms with Gasteiger partial charge in [-0.2, -0.15) is 0 Å². The second-order valence-corrected chi connectivity index (χ2v) is 6.80. The van der Waals surface area contributed by atoms with Crippen LogP contribution in [-0.2, 0) is 9.53 Å². The monoisotopic (exact) mass is 428 g/mol. The Bertz CT molecular complexity index is 585. The van der Waals surface area contributed by atoms with Crippen LogP contribution in [0.1, 0.15) is 42.8 Å². The van der Waals surface area contributed by atoms with Crippen molar-refractivity contribution in [2.24, 2.45) is 0 Å². The number of benzene rings is 1. The van der Waals surface area contributed by atoms with E-state index in [1.165, 1.54) is 0 Å². The normalized spacial score (nSPS) is 13.6. The van der Waals surface area contributed by atoms with E-state index in [1.54, 1.807) is 12.5 Å². The summed E-state index contributed by atoms with van der Waals surface area (Å²) in [7, 11) is 0. The Hall–Kier alpha value is -1.14. The van der Waals surface area contributed by atoms with E-state index in [4.69, 9.17) is 4.74 Å². The molecule has 1 heterocycles. The van der Waals surface area contributed by atoms with Gasteiger partial charge >= 0.3 is 5.97 Å². The van der Waals surface area contributed by atoms with Gasteiger partial charge in [0, 0.05) is 23.3 Å². The molecule has 0 bridgehead atoms. The Morgan fingerprint density at radius 1 is 1.36 bits per heavy atom. The topological polar surface area (TPSA) is 44.1 Å². The van der Waals surface area contributed by atoms with Crippen LogP contribution in [0.4, 0.5) is 0 Å². The number of ether oxygens (including phenoxy) is 1. The number of esters is 1. The third kappa shape index (κ3) is 4.68. The first-order valence-electron chi connectivity index (χ1n) is 7.18. The number of carbonyl (C=O) groups is 1. The smallest absolute Gasteiger partial charge is 0.306 e. The fourth-order valence-corrected chi connectivity index (χ4v) is 2.95. The molecule has 2 aromatic rings. The molecule has 2 rings (SSSR count). The maximum atomic E-state index is 12.0. The van der Waals surface area contributed by atoms with E-state index in [0.717, 1.165) is 22.9 Å². The minimum atomic E-state index is -0.411. The number of rotatable bonds is 7. The van der Waals surface area contributed by atoms with Crippen molar-refractivity contribution >= 4 is 37.8 Å². The number of halogens is 2. The van der Waals surface area contributed by atoms with E-state index in [1.807, 2.05) is 35.0 Å². The zero-order valence-electron chi connectivity index (χ0n) is 12.3. The van der Waals surface area contributed by atoms with Crippen LogP contribution in [0.3, 0.4) is 0 Å². The fourth-order valence-electron chi connectivity index (χ4n) is 2.03. The Morgan fingerprint density at radius 2 is 2.09 bits per heavy atom. The lowest BCUT2D eigenvalue weighted by Gasteiger charge is -2.24. The number of hydrogen-bond acceptors (Lipinski definition) is 3. The lowest BCUT2D eigenvalue weighted by molar-refractivity contribution is -0.150. The number of aromatic nitrogens is 2. The predicted octanol–water partition coefficient (Wildman–Crippen LogP) is 5.01. The Labute approximate surface area is 147 Å². The van der Waals surface area contributed by atoms with Crippen LogP contribution < -0.4 is 0 Å². The maximum absolute atomic E-state index is 12.0. The third-order valence-electron chi connectivity index (χ3n) is 3.25. The summed E-state index contributed by atoms with van der Waals surface area (Å²) in [6.45, 7) is 2.05. The van der Waals surface area contributed by atoms with Gasteiger partial charge in [0.2, 0.25) is 0 Å². The summed E-state index contributed by atoms with van der Waals surface area (Å²) in [6, 6.07) is 7.78. The maximum Gasteiger partial charge on any atom is 0.306 e. The SMILES string of the molecule is CCCCC(=O)OC(c1ccc(Br)cc1)C(Br)n1ccnc1. The van der Waals surface area contributed by atoms with Gasteiger partial charge in [0.15, 0.2) is 6.10 Å². The van der Waals surface area contributed by atoms with Crippen molar-refractivity contribution in [1.29, 1.82) is 0 Å². The molecule has 118 valence electrons. The summed E-state index contributed by atoms with van der Waals surface area (Å²) in [4.78, 5) is 15.9. The summed E-state index contributed by atoms with van der Waals surface area (Å²) >= 11 is 7.04. The number of imidazole rings is 1. The van der Waals surface area contributed by atoms with Crippen LogP contribution in [0.15, 0.2) is 47.5 Å². The van der Waals surface area contributed by atoms with E-state index >= 15 is 0 Å². The number of unbranched alkanes of at least 4 members (excludes halogenated alkanes) is 1. The molecule has 0 spiro atoms. The van der Waals surface area contributed by atoms with Gasteiger partial charge in [-0.15, -0.1) is 0 Å². The van der Waals surface area contributed by atoms with Gasteiger partial charge in [-0.1, -0.05) is 57.3 Å². The molecule has 4 nitrogen and oxygen atoms in total. The highest BCUT2D eigenvalue weighted by molar-refractivity contribution is 9.10. The summed E-state index contributed by atoms with van der Waals surface area (Å²) < 4.78 is 8.58. The van der Waals surface area contributed by atoms with Crippen molar-refractivity contribution in [2.45, 2.75) is 37.2 Å². The van der Waals surface area contributed by atoms with Crippen LogP contribution in [0.25, 0.3) is 0 Å². The lowest BCUT2D eigenvalue weighted by atomic mass is 10.1. The molecule has 22 heavy (non-hydrogen) atoms. The minimum Gasteiger partial charge on any atom is -0.454 e. The van der Waals surface area contributed by atoms with Gasteiger partial charge < -0.3 is 9.30 Å². The molecule has 1 aromatic carbocycles. The number of hydrogen-bond donors (Lipinski definition) is 0. The van der Waals surface area contributed by atoms with E-state index < -0.39 is 6.10 Å². The second kappa shape index (κ2) is 8.48. The Balaban J connectivity index is 2.20. The average Bonchev–Trinajstić information content (AvgIpc) is 3.05. The molecular formula is C16H18Br2N2O2. The molecule has 0 aliphatic heterocycles. The summed E-state index contributed by atoms with van der Waals surface area (Å²) in [5.41, 5.74) is 0.934. The zero-order valence-corrected chi connectivity index (χ0v) is 15.5. The van der Waals surface area contributed by atoms with Crippen LogP contribution in [-0.4, -0.2) is 15.5 Å². The lowest BCUT2D eigenvalue weighted by Crippen LogP contribution is -2.18. The zero-order chi connectivity index (χ0) is 15.9. The van der Waals surface area contributed by atoms with Gasteiger partial charge in [0.05, 0.1) is 6.33 Å². The predicted molar refractivity (Wildman–Crippen MR) is 92.7 cm³/mol. The number of alkyl halides is 1. The van der Waals surface area contributed by atoms with Crippen molar-refractivity contribution in [3.05, 3.63) is 53.0 Å². The van der Waals surface area contributed by atoms with Crippen molar-refractivity contribution in [2.75, 3.05) is 0 Å². The van der Waals surface area contributed by atoms with Crippen molar-refractivity contribution in [3.8, 4) is 0 Å². The van der Waals surface area contributed by atoms with Crippen LogP contribution in [0.5, 0.6) is 0 Å². The summed E-state index contributed by atoms with van der Waals surface area (Å²) in [5, 5.41) is 0. The molecule has 0 saturated heterocycles. The molecule has 0 radical (unpaired) electrons. The van der Waals surface area contributed by atoms with Gasteiger partial charge in [-0.3, -0.25) is 4.79 Å². The molecule has 0 saturated carbocycles. The summed E-state index contributed by atoms with van der Waals surface area (Å²) in [6.07, 6.45) is 7.07.